The number of morpholine rings is 1. The van der Waals surface area contributed by atoms with Crippen molar-refractivity contribution in [1.29, 1.82) is 0 Å². The minimum atomic E-state index is -5.22. The standard InChI is InChI=1S/C76H114F8N12O14/c1-11-20-54-65(100)86-63(45(4)12-2)71(106)89(6)44-61(99)91(8)55-23-15-14-18-32-95(70(55)105)58(39-46-24-27-49(28-25-46)75(79,80)81)68(103)88(5)43-59(97)85-53(29-26-47-37-51(77)62(52(78)38-47)76(82,83)84)67(102)96-42-50(110-13-3)40-56(96)66(101)87-74(30-19-31-74)73(108)93(10)64(48-21-16-17-22-48)72(107)92(9)57(41-60(98)90(54)7)69(104)94-33-35-109-36-34-94/h1,45-58,62-64H,12-44H2,2-10H3,(H,85,97)(H,86,100)(H,87,101)/t45-,46?,47?,49?,50+,51?,52?,53-,54-,55-,56-,57-,58-,62?,63-,64-/m0/s1. The van der Waals surface area contributed by atoms with Gasteiger partial charge in [-0.05, 0) is 133 Å². The van der Waals surface area contributed by atoms with E-state index in [2.05, 4.69) is 21.9 Å². The van der Waals surface area contributed by atoms with Crippen molar-refractivity contribution >= 4 is 70.9 Å². The van der Waals surface area contributed by atoms with Crippen molar-refractivity contribution < 1.29 is 102 Å². The first-order chi connectivity index (χ1) is 51.9. The average molecular weight is 1570 g/mol. The Morgan fingerprint density at radius 3 is 1.84 bits per heavy atom. The molecule has 12 amide bonds. The molecular weight excluding hydrogens is 1460 g/mol. The predicted molar refractivity (Wildman–Crippen MR) is 384 cm³/mol. The molecule has 4 aliphatic carbocycles. The lowest BCUT2D eigenvalue weighted by molar-refractivity contribution is -0.219. The van der Waals surface area contributed by atoms with Gasteiger partial charge >= 0.3 is 12.4 Å². The maximum absolute atomic E-state index is 15.7. The number of carbonyl (C=O) groups excluding carboxylic acids is 12. The van der Waals surface area contributed by atoms with Crippen LogP contribution in [0.5, 0.6) is 0 Å². The number of hydrogen-bond donors (Lipinski definition) is 3. The average Bonchev–Trinajstić information content (AvgIpc) is 1.16. The number of terminal acetylenes is 1. The van der Waals surface area contributed by atoms with Crippen LogP contribution in [0.25, 0.3) is 0 Å². The normalized spacial score (nSPS) is 32.2. The molecule has 618 valence electrons. The second kappa shape index (κ2) is 38.4. The summed E-state index contributed by atoms with van der Waals surface area (Å²) >= 11 is 0. The summed E-state index contributed by atoms with van der Waals surface area (Å²) in [6, 6.07) is -11.7. The first-order valence-corrected chi connectivity index (χ1v) is 39.3. The molecule has 12 atom stereocenters. The van der Waals surface area contributed by atoms with Gasteiger partial charge in [-0.15, -0.1) is 12.3 Å². The molecule has 4 heterocycles. The van der Waals surface area contributed by atoms with Gasteiger partial charge in [-0.2, -0.15) is 26.3 Å². The number of rotatable bonds is 12. The van der Waals surface area contributed by atoms with Crippen molar-refractivity contribution in [2.75, 3.05) is 101 Å². The van der Waals surface area contributed by atoms with Gasteiger partial charge in [-0.1, -0.05) is 46.0 Å². The molecule has 0 aromatic rings. The van der Waals surface area contributed by atoms with Crippen LogP contribution in [0.1, 0.15) is 175 Å². The van der Waals surface area contributed by atoms with Crippen LogP contribution in [-0.4, -0.2) is 301 Å². The Morgan fingerprint density at radius 2 is 1.25 bits per heavy atom. The maximum atomic E-state index is 15.7. The van der Waals surface area contributed by atoms with E-state index in [0.717, 1.165) is 29.4 Å². The highest BCUT2D eigenvalue weighted by Crippen LogP contribution is 2.46. The zero-order chi connectivity index (χ0) is 81.0. The number of likely N-dealkylation sites (N-methyl/N-ethyl adjacent to an activating group) is 6. The molecule has 0 radical (unpaired) electrons. The highest BCUT2D eigenvalue weighted by molar-refractivity contribution is 6.01. The summed E-state index contributed by atoms with van der Waals surface area (Å²) in [5.74, 6) is -14.7. The van der Waals surface area contributed by atoms with Crippen LogP contribution < -0.4 is 16.0 Å². The fourth-order valence-corrected chi connectivity index (χ4v) is 17.6. The molecule has 110 heavy (non-hydrogen) atoms. The first-order valence-electron chi connectivity index (χ1n) is 39.3. The van der Waals surface area contributed by atoms with Crippen LogP contribution in [-0.2, 0) is 67.0 Å². The number of nitrogens with one attached hydrogen (secondary N) is 3. The summed E-state index contributed by atoms with van der Waals surface area (Å²) in [7, 11) is 7.89. The van der Waals surface area contributed by atoms with Gasteiger partial charge in [0.25, 0.3) is 0 Å². The summed E-state index contributed by atoms with van der Waals surface area (Å²) in [6.07, 6.45) is -10.2. The molecule has 2 bridgehead atoms. The first kappa shape index (κ1) is 88.1. The van der Waals surface area contributed by atoms with Gasteiger partial charge in [0.15, 0.2) is 0 Å². The van der Waals surface area contributed by atoms with Crippen molar-refractivity contribution in [2.24, 2.45) is 35.5 Å². The zero-order valence-electron chi connectivity index (χ0n) is 65.0. The SMILES string of the molecule is C#CC[C@H]1C(=O)N[C@@H]([C@@H](C)CC)C(=O)N(C)CC(=O)N(C)[C@H]2CCCCCN(C2=O)[C@@H](CC2CCC(C(F)(F)F)CC2)C(=O)N(C)CC(=O)N[C@@H](CCC2CC(F)C(C(F)(F)F)C(F)C2)C(=O)N2C[C@H](OCC)C[C@H]2C(=O)NC2(CCC2)C(=O)N(C)[C@@H](C2CCCC2)C(=O)N(C)[C@H](C(=O)N2CCOCC2)CC(=O)N1C. The van der Waals surface area contributed by atoms with E-state index < -0.39 is 236 Å². The molecule has 0 aromatic heterocycles. The Balaban J connectivity index is 1.20. The molecule has 1 spiro atoms. The Kier molecular flexibility index (Phi) is 30.8. The third kappa shape index (κ3) is 21.1. The van der Waals surface area contributed by atoms with E-state index >= 15 is 37.5 Å². The number of amides is 12. The highest BCUT2D eigenvalue weighted by atomic mass is 19.4. The topological polar surface area (TPSA) is 289 Å². The van der Waals surface area contributed by atoms with Gasteiger partial charge < -0.3 is 69.5 Å². The van der Waals surface area contributed by atoms with Crippen molar-refractivity contribution in [3.63, 3.8) is 0 Å². The second-order valence-electron chi connectivity index (χ2n) is 32.0. The molecule has 3 N–H and O–H groups in total. The molecular formula is C76H114F8N12O14. The van der Waals surface area contributed by atoms with E-state index in [1.165, 1.54) is 57.0 Å². The molecule has 8 rings (SSSR count). The van der Waals surface area contributed by atoms with Crippen molar-refractivity contribution in [1.82, 2.24) is 60.0 Å². The van der Waals surface area contributed by atoms with Crippen molar-refractivity contribution in [2.45, 2.75) is 260 Å². The molecule has 8 fully saturated rings. The third-order valence-corrected chi connectivity index (χ3v) is 24.7. The van der Waals surface area contributed by atoms with E-state index in [4.69, 9.17) is 15.9 Å². The Bertz CT molecular complexity index is 3310. The number of alkyl halides is 8. The van der Waals surface area contributed by atoms with Gasteiger partial charge in [0.2, 0.25) is 70.9 Å². The van der Waals surface area contributed by atoms with Crippen LogP contribution in [0.2, 0.25) is 0 Å². The zero-order valence-corrected chi connectivity index (χ0v) is 65.0. The quantitative estimate of drug-likeness (QED) is 0.165. The van der Waals surface area contributed by atoms with Gasteiger partial charge in [0, 0.05) is 87.9 Å². The molecule has 26 nitrogen and oxygen atoms in total. The molecule has 2 unspecified atom stereocenters. The predicted octanol–water partition coefficient (Wildman–Crippen LogP) is 5.32. The van der Waals surface area contributed by atoms with Crippen LogP contribution in [0.3, 0.4) is 0 Å². The molecule has 4 aliphatic heterocycles. The van der Waals surface area contributed by atoms with E-state index in [1.54, 1.807) is 20.8 Å². The summed E-state index contributed by atoms with van der Waals surface area (Å²) in [5, 5.41) is 8.33. The largest absolute Gasteiger partial charge is 0.397 e. The Hall–Kier alpha value is -7.44. The van der Waals surface area contributed by atoms with Gasteiger partial charge in [0.1, 0.15) is 72.1 Å². The molecule has 34 heteroatoms. The number of hydrogen-bond acceptors (Lipinski definition) is 14. The van der Waals surface area contributed by atoms with Gasteiger partial charge in [-0.25, -0.2) is 8.78 Å². The molecule has 4 saturated carbocycles. The third-order valence-electron chi connectivity index (χ3n) is 24.7. The highest BCUT2D eigenvalue weighted by Gasteiger charge is 2.56. The van der Waals surface area contributed by atoms with Crippen LogP contribution in [0, 0.1) is 47.9 Å². The summed E-state index contributed by atoms with van der Waals surface area (Å²) < 4.78 is 127. The summed E-state index contributed by atoms with van der Waals surface area (Å²) in [5.41, 5.74) is -1.71. The fraction of sp³-hybridized carbons (Fsp3) is 0.816. The lowest BCUT2D eigenvalue weighted by Gasteiger charge is -2.47. The van der Waals surface area contributed by atoms with E-state index in [-0.39, 0.29) is 110 Å². The van der Waals surface area contributed by atoms with Crippen molar-refractivity contribution in [3.05, 3.63) is 0 Å². The number of halogens is 8. The summed E-state index contributed by atoms with van der Waals surface area (Å²) in [6.45, 7) is 3.66. The number of carbonyl (C=O) groups is 12. The maximum Gasteiger partial charge on any atom is 0.397 e. The summed E-state index contributed by atoms with van der Waals surface area (Å²) in [4.78, 5) is 192. The minimum absolute atomic E-state index is 0.000154. The van der Waals surface area contributed by atoms with E-state index in [0.29, 0.717) is 57.8 Å². The van der Waals surface area contributed by atoms with Crippen LogP contribution >= 0.6 is 0 Å². The lowest BCUT2D eigenvalue weighted by atomic mass is 9.74. The van der Waals surface area contributed by atoms with Crippen LogP contribution in [0.4, 0.5) is 35.1 Å². The van der Waals surface area contributed by atoms with E-state index in [1.807, 2.05) is 0 Å². The number of ether oxygens (including phenoxy) is 2. The lowest BCUT2D eigenvalue weighted by Crippen LogP contribution is -2.68. The van der Waals surface area contributed by atoms with Crippen LogP contribution in [0.15, 0.2) is 0 Å². The van der Waals surface area contributed by atoms with E-state index in [9.17, 15) is 55.1 Å². The smallest absolute Gasteiger partial charge is 0.378 e. The van der Waals surface area contributed by atoms with Gasteiger partial charge in [-0.3, -0.25) is 57.5 Å². The molecule has 8 aliphatic rings. The monoisotopic (exact) mass is 1570 g/mol. The van der Waals surface area contributed by atoms with Crippen molar-refractivity contribution in [3.8, 4) is 12.3 Å². The fourth-order valence-electron chi connectivity index (χ4n) is 17.6. The number of nitrogens with zero attached hydrogens (tertiary/aromatic N) is 9. The minimum Gasteiger partial charge on any atom is -0.378 e. The number of fused-ring (bicyclic) bond motifs is 3. The Labute approximate surface area is 639 Å². The molecule has 4 saturated heterocycles. The second-order valence-corrected chi connectivity index (χ2v) is 32.0. The molecule has 0 aromatic carbocycles. The Morgan fingerprint density at radius 1 is 0.627 bits per heavy atom. The van der Waals surface area contributed by atoms with Gasteiger partial charge in [0.05, 0.1) is 44.7 Å².